The van der Waals surface area contributed by atoms with Gasteiger partial charge in [0.15, 0.2) is 12.7 Å². The molecule has 0 bridgehead atoms. The van der Waals surface area contributed by atoms with Gasteiger partial charge in [-0.3, -0.25) is 4.79 Å². The molecule has 1 aromatic heterocycles. The van der Waals surface area contributed by atoms with E-state index in [-0.39, 0.29) is 5.91 Å². The number of thiol groups is 1. The van der Waals surface area contributed by atoms with Gasteiger partial charge in [-0.15, -0.1) is 0 Å². The Morgan fingerprint density at radius 2 is 1.89 bits per heavy atom. The predicted molar refractivity (Wildman–Crippen MR) is 119 cm³/mol. The highest BCUT2D eigenvalue weighted by atomic mass is 32.1. The highest BCUT2D eigenvalue weighted by molar-refractivity contribution is 7.80. The van der Waals surface area contributed by atoms with Crippen molar-refractivity contribution in [2.45, 2.75) is 39.2 Å². The molecule has 0 radical (unpaired) electrons. The number of hydrogen-bond acceptors (Lipinski definition) is 3. The lowest BCUT2D eigenvalue weighted by molar-refractivity contribution is -0.693. The first-order valence-corrected chi connectivity index (χ1v) is 10.8. The lowest BCUT2D eigenvalue weighted by Gasteiger charge is -2.37. The van der Waals surface area contributed by atoms with Crippen LogP contribution in [-0.2, 0) is 24.2 Å². The summed E-state index contributed by atoms with van der Waals surface area (Å²) in [5.74, 6) is 0.712. The van der Waals surface area contributed by atoms with Crippen LogP contribution in [0.4, 0.5) is 11.4 Å². The molecule has 4 rings (SSSR count). The summed E-state index contributed by atoms with van der Waals surface area (Å²) in [4.78, 5) is 14.0. The largest absolute Gasteiger partial charge is 0.371 e. The van der Waals surface area contributed by atoms with Crippen molar-refractivity contribution in [1.82, 2.24) is 0 Å². The van der Waals surface area contributed by atoms with Gasteiger partial charge in [0.05, 0.1) is 5.69 Å². The highest BCUT2D eigenvalue weighted by Crippen LogP contribution is 2.36. The van der Waals surface area contributed by atoms with Crippen molar-refractivity contribution < 1.29 is 9.36 Å². The second kappa shape index (κ2) is 8.39. The average molecular weight is 395 g/mol. The summed E-state index contributed by atoms with van der Waals surface area (Å²) < 4.78 is 2.17. The maximum atomic E-state index is 11.4. The fourth-order valence-corrected chi connectivity index (χ4v) is 4.61. The first-order chi connectivity index (χ1) is 13.6. The van der Waals surface area contributed by atoms with Gasteiger partial charge in [-0.2, -0.15) is 17.2 Å². The zero-order valence-electron chi connectivity index (χ0n) is 16.4. The first kappa shape index (κ1) is 19.1. The number of aryl methyl sites for hydroxylation is 3. The van der Waals surface area contributed by atoms with Gasteiger partial charge < -0.3 is 10.2 Å². The Morgan fingerprint density at radius 1 is 1.18 bits per heavy atom. The number of amides is 1. The number of nitrogens with one attached hydrogen (secondary N) is 1. The number of benzene rings is 1. The van der Waals surface area contributed by atoms with Crippen molar-refractivity contribution in [3.8, 4) is 0 Å². The minimum absolute atomic E-state index is 0.0554. The van der Waals surface area contributed by atoms with Gasteiger partial charge in [-0.25, -0.2) is 0 Å². The van der Waals surface area contributed by atoms with E-state index in [9.17, 15) is 4.79 Å². The Morgan fingerprint density at radius 3 is 2.54 bits per heavy atom. The van der Waals surface area contributed by atoms with Crippen LogP contribution < -0.4 is 14.8 Å². The smallest absolute Gasteiger partial charge is 0.221 e. The number of carbonyl (C=O) groups excluding carboxylic acids is 1. The van der Waals surface area contributed by atoms with Crippen molar-refractivity contribution in [3.63, 3.8) is 0 Å². The van der Waals surface area contributed by atoms with Crippen LogP contribution in [0.25, 0.3) is 12.2 Å². The van der Waals surface area contributed by atoms with E-state index in [1.54, 1.807) is 0 Å². The molecule has 0 saturated heterocycles. The quantitative estimate of drug-likeness (QED) is 0.599. The topological polar surface area (TPSA) is 36.2 Å². The van der Waals surface area contributed by atoms with Crippen molar-refractivity contribution in [3.05, 3.63) is 52.8 Å². The third-order valence-electron chi connectivity index (χ3n) is 5.53. The van der Waals surface area contributed by atoms with Gasteiger partial charge in [0.1, 0.15) is 0 Å². The Hall–Kier alpha value is -2.27. The molecule has 146 valence electrons. The number of hydrogen-bond donors (Lipinski definition) is 2. The molecule has 1 aromatic carbocycles. The number of pyridine rings is 1. The Labute approximate surface area is 172 Å². The van der Waals surface area contributed by atoms with Crippen molar-refractivity contribution in [1.29, 1.82) is 0 Å². The van der Waals surface area contributed by atoms with Crippen LogP contribution in [0.3, 0.4) is 0 Å². The number of carbonyl (C=O) groups is 1. The molecule has 0 fully saturated rings. The molecule has 5 heteroatoms. The molecular formula is C23H28N3OS+. The van der Waals surface area contributed by atoms with Crippen molar-refractivity contribution in [2.24, 2.45) is 0 Å². The van der Waals surface area contributed by atoms with Gasteiger partial charge >= 0.3 is 0 Å². The maximum absolute atomic E-state index is 11.4. The van der Waals surface area contributed by atoms with Crippen LogP contribution >= 0.6 is 12.6 Å². The van der Waals surface area contributed by atoms with Crippen LogP contribution in [-0.4, -0.2) is 24.7 Å². The normalized spacial score (nSPS) is 15.6. The minimum Gasteiger partial charge on any atom is -0.371 e. The summed E-state index contributed by atoms with van der Waals surface area (Å²) in [6, 6.07) is 8.66. The summed E-state index contributed by atoms with van der Waals surface area (Å²) in [5, 5.41) is 2.87. The van der Waals surface area contributed by atoms with Crippen LogP contribution in [0.1, 0.15) is 42.1 Å². The van der Waals surface area contributed by atoms with E-state index in [0.29, 0.717) is 0 Å². The molecule has 2 aliphatic heterocycles. The number of rotatable bonds is 5. The Balaban J connectivity index is 1.66. The fourth-order valence-electron chi connectivity index (χ4n) is 4.39. The molecular weight excluding hydrogens is 366 g/mol. The molecule has 0 saturated carbocycles. The zero-order chi connectivity index (χ0) is 19.5. The Kier molecular flexibility index (Phi) is 5.72. The van der Waals surface area contributed by atoms with E-state index < -0.39 is 0 Å². The number of anilines is 2. The molecule has 0 aliphatic carbocycles. The highest BCUT2D eigenvalue weighted by Gasteiger charge is 2.23. The molecule has 0 unspecified atom stereocenters. The second-order valence-electron chi connectivity index (χ2n) is 7.65. The van der Waals surface area contributed by atoms with E-state index in [1.165, 1.54) is 68.1 Å². The molecule has 0 atom stereocenters. The number of nitrogens with zero attached hydrogens (tertiary/aromatic N) is 2. The summed E-state index contributed by atoms with van der Waals surface area (Å²) in [7, 11) is 0. The third kappa shape index (κ3) is 4.09. The van der Waals surface area contributed by atoms with Crippen molar-refractivity contribution >= 4 is 42.1 Å². The molecule has 28 heavy (non-hydrogen) atoms. The lowest BCUT2D eigenvalue weighted by Crippen LogP contribution is -2.37. The standard InChI is InChI=1S/C23H27N3OS/c1-17(27)24-21-8-11-25(12-13-28)22(16-21)7-6-18-14-19-4-2-9-26-10-3-5-20(15-18)23(19)26/h6-8,11,14-16,28H,2-5,9-10,12-13H2,1H3/p+1/b7-6+. The van der Waals surface area contributed by atoms with Gasteiger partial charge in [-0.05, 0) is 60.6 Å². The van der Waals surface area contributed by atoms with Gasteiger partial charge in [0.2, 0.25) is 11.6 Å². The lowest BCUT2D eigenvalue weighted by atomic mass is 9.90. The monoisotopic (exact) mass is 394 g/mol. The average Bonchev–Trinajstić information content (AvgIpc) is 2.68. The molecule has 4 nitrogen and oxygen atoms in total. The fraction of sp³-hybridized carbons (Fsp3) is 0.391. The van der Waals surface area contributed by atoms with Crippen LogP contribution in [0.5, 0.6) is 0 Å². The predicted octanol–water partition coefficient (Wildman–Crippen LogP) is 3.73. The van der Waals surface area contributed by atoms with Gasteiger partial charge in [0.25, 0.3) is 0 Å². The van der Waals surface area contributed by atoms with Crippen LogP contribution in [0, 0.1) is 0 Å². The molecule has 1 amide bonds. The van der Waals surface area contributed by atoms with E-state index >= 15 is 0 Å². The van der Waals surface area contributed by atoms with Gasteiger partial charge in [-0.1, -0.05) is 0 Å². The SMILES string of the molecule is CC(=O)Nc1cc[n+](CCS)c(/C=C/c2cc3c4c(c2)CCCN4CCC3)c1. The van der Waals surface area contributed by atoms with E-state index in [4.69, 9.17) is 0 Å². The van der Waals surface area contributed by atoms with Gasteiger partial charge in [0, 0.05) is 49.7 Å². The summed E-state index contributed by atoms with van der Waals surface area (Å²) in [5.41, 5.74) is 7.65. The summed E-state index contributed by atoms with van der Waals surface area (Å²) >= 11 is 4.37. The molecule has 0 spiro atoms. The van der Waals surface area contributed by atoms with Crippen LogP contribution in [0.15, 0.2) is 30.5 Å². The maximum Gasteiger partial charge on any atom is 0.221 e. The molecule has 2 aromatic rings. The second-order valence-corrected chi connectivity index (χ2v) is 8.10. The molecule has 1 N–H and O–H groups in total. The Bertz CT molecular complexity index is 891. The minimum atomic E-state index is -0.0554. The summed E-state index contributed by atoms with van der Waals surface area (Å²) in [6.07, 6.45) is 11.2. The number of aromatic nitrogens is 1. The molecule has 2 aliphatic rings. The van der Waals surface area contributed by atoms with Crippen LogP contribution in [0.2, 0.25) is 0 Å². The third-order valence-corrected chi connectivity index (χ3v) is 5.73. The summed E-state index contributed by atoms with van der Waals surface area (Å²) in [6.45, 7) is 4.77. The van der Waals surface area contributed by atoms with Crippen molar-refractivity contribution in [2.75, 3.05) is 29.1 Å². The first-order valence-electron chi connectivity index (χ1n) is 10.1. The molecule has 3 heterocycles. The van der Waals surface area contributed by atoms with E-state index in [0.717, 1.165) is 23.7 Å². The van der Waals surface area contributed by atoms with E-state index in [2.05, 4.69) is 51.7 Å². The zero-order valence-corrected chi connectivity index (χ0v) is 17.3. The van der Waals surface area contributed by atoms with E-state index in [1.807, 2.05) is 18.3 Å².